The van der Waals surface area contributed by atoms with Gasteiger partial charge in [0.05, 0.1) is 0 Å². The summed E-state index contributed by atoms with van der Waals surface area (Å²) < 4.78 is 12.4. The van der Waals surface area contributed by atoms with E-state index in [4.69, 9.17) is 8.85 Å². The van der Waals surface area contributed by atoms with Gasteiger partial charge < -0.3 is 8.85 Å². The highest BCUT2D eigenvalue weighted by atomic mass is 28.3. The average molecular weight is 323 g/mol. The fourth-order valence-corrected chi connectivity index (χ4v) is 5.24. The summed E-state index contributed by atoms with van der Waals surface area (Å²) in [6.07, 6.45) is 8.56. The Morgan fingerprint density at radius 3 is 2.00 bits per heavy atom. The Kier molecular flexibility index (Phi) is 11.3. The molecule has 0 radical (unpaired) electrons. The Labute approximate surface area is 139 Å². The molecule has 0 aliphatic carbocycles. The van der Waals surface area contributed by atoms with Crippen LogP contribution >= 0.6 is 0 Å². The molecule has 0 aliphatic heterocycles. The molecule has 1 aromatic rings. The van der Waals surface area contributed by atoms with Crippen molar-refractivity contribution >= 4 is 9.28 Å². The highest BCUT2D eigenvalue weighted by Crippen LogP contribution is 2.27. The second-order valence-corrected chi connectivity index (χ2v) is 8.18. The van der Waals surface area contributed by atoms with E-state index in [0.717, 1.165) is 26.1 Å². The predicted octanol–water partition coefficient (Wildman–Crippen LogP) is 5.35. The fourth-order valence-electron chi connectivity index (χ4n) is 2.70. The third kappa shape index (κ3) is 7.57. The highest BCUT2D eigenvalue weighted by molar-refractivity contribution is 6.46. The largest absolute Gasteiger partial charge is 0.396 e. The molecule has 0 amide bonds. The molecule has 126 valence electrons. The van der Waals surface area contributed by atoms with E-state index in [1.807, 2.05) is 0 Å². The summed E-state index contributed by atoms with van der Waals surface area (Å²) in [7, 11) is -1.66. The van der Waals surface area contributed by atoms with Gasteiger partial charge in [0.25, 0.3) is 0 Å². The van der Waals surface area contributed by atoms with E-state index in [1.165, 1.54) is 37.7 Å². The van der Waals surface area contributed by atoms with Crippen LogP contribution in [0.15, 0.2) is 30.3 Å². The number of benzene rings is 1. The standard InChI is InChI=1S/C19H34O2Si/c1-4-7-8-12-15-19(18-13-10-9-11-14-18)22(20-16-5-2)21-17-6-3/h9-11,13-14,19,22H,4-8,12,15-17H2,1-3H3. The molecule has 0 saturated carbocycles. The van der Waals surface area contributed by atoms with Gasteiger partial charge >= 0.3 is 9.28 Å². The van der Waals surface area contributed by atoms with E-state index in [9.17, 15) is 0 Å². The summed E-state index contributed by atoms with van der Waals surface area (Å²) in [6.45, 7) is 8.27. The molecule has 0 spiro atoms. The zero-order chi connectivity index (χ0) is 16.0. The van der Waals surface area contributed by atoms with Crippen LogP contribution in [-0.4, -0.2) is 22.5 Å². The number of hydrogen-bond acceptors (Lipinski definition) is 2. The molecule has 1 atom stereocenters. The van der Waals surface area contributed by atoms with Gasteiger partial charge in [0.2, 0.25) is 0 Å². The van der Waals surface area contributed by atoms with E-state index in [2.05, 4.69) is 51.1 Å². The molecule has 0 aromatic heterocycles. The maximum Gasteiger partial charge on any atom is 0.329 e. The van der Waals surface area contributed by atoms with E-state index >= 15 is 0 Å². The van der Waals surface area contributed by atoms with Gasteiger partial charge in [0.1, 0.15) is 0 Å². The van der Waals surface area contributed by atoms with Gasteiger partial charge in [0.15, 0.2) is 0 Å². The van der Waals surface area contributed by atoms with E-state index < -0.39 is 9.28 Å². The van der Waals surface area contributed by atoms with Crippen LogP contribution in [0.5, 0.6) is 0 Å². The van der Waals surface area contributed by atoms with Crippen molar-refractivity contribution in [1.82, 2.24) is 0 Å². The highest BCUT2D eigenvalue weighted by Gasteiger charge is 2.27. The maximum atomic E-state index is 6.18. The number of unbranched alkanes of at least 4 members (excludes halogenated alkanes) is 3. The summed E-state index contributed by atoms with van der Waals surface area (Å²) in [6, 6.07) is 10.9. The Balaban J connectivity index is 2.74. The van der Waals surface area contributed by atoms with Gasteiger partial charge in [-0.3, -0.25) is 0 Å². The van der Waals surface area contributed by atoms with E-state index in [0.29, 0.717) is 5.54 Å². The van der Waals surface area contributed by atoms with E-state index in [-0.39, 0.29) is 0 Å². The van der Waals surface area contributed by atoms with Crippen LogP contribution in [0.25, 0.3) is 0 Å². The van der Waals surface area contributed by atoms with Crippen molar-refractivity contribution in [2.24, 2.45) is 0 Å². The monoisotopic (exact) mass is 322 g/mol. The van der Waals surface area contributed by atoms with Crippen LogP contribution in [0.2, 0.25) is 0 Å². The number of rotatable bonds is 13. The molecular weight excluding hydrogens is 288 g/mol. The minimum absolute atomic E-state index is 0.483. The summed E-state index contributed by atoms with van der Waals surface area (Å²) >= 11 is 0. The summed E-state index contributed by atoms with van der Waals surface area (Å²) in [5, 5.41) is 0. The first-order valence-electron chi connectivity index (χ1n) is 9.11. The van der Waals surface area contributed by atoms with Crippen LogP contribution in [0, 0.1) is 0 Å². The third-order valence-electron chi connectivity index (χ3n) is 3.90. The molecule has 1 unspecified atom stereocenters. The van der Waals surface area contributed by atoms with Crippen LogP contribution in [0.1, 0.15) is 76.8 Å². The topological polar surface area (TPSA) is 18.5 Å². The first-order valence-corrected chi connectivity index (χ1v) is 10.7. The minimum Gasteiger partial charge on any atom is -0.396 e. The normalized spacial score (nSPS) is 12.7. The van der Waals surface area contributed by atoms with Crippen LogP contribution < -0.4 is 0 Å². The lowest BCUT2D eigenvalue weighted by atomic mass is 10.1. The summed E-state index contributed by atoms with van der Waals surface area (Å²) in [5.41, 5.74) is 1.89. The Morgan fingerprint density at radius 1 is 0.818 bits per heavy atom. The molecule has 0 bridgehead atoms. The molecular formula is C19H34O2Si. The van der Waals surface area contributed by atoms with Gasteiger partial charge in [-0.1, -0.05) is 76.8 Å². The SMILES string of the molecule is CCCCCCC(c1ccccc1)[SiH](OCCC)OCCC. The molecule has 0 N–H and O–H groups in total. The van der Waals surface area contributed by atoms with Crippen LogP contribution in [0.3, 0.4) is 0 Å². The van der Waals surface area contributed by atoms with E-state index in [1.54, 1.807) is 0 Å². The second-order valence-electron chi connectivity index (χ2n) is 5.98. The Bertz CT molecular complexity index is 348. The van der Waals surface area contributed by atoms with Gasteiger partial charge in [-0.25, -0.2) is 0 Å². The van der Waals surface area contributed by atoms with Gasteiger partial charge in [-0.05, 0) is 24.8 Å². The molecule has 22 heavy (non-hydrogen) atoms. The molecule has 2 nitrogen and oxygen atoms in total. The molecule has 0 aliphatic rings. The Hall–Kier alpha value is -0.643. The molecule has 0 heterocycles. The minimum atomic E-state index is -1.66. The number of hydrogen-bond donors (Lipinski definition) is 0. The van der Waals surface area contributed by atoms with Crippen molar-refractivity contribution in [2.45, 2.75) is 71.3 Å². The zero-order valence-electron chi connectivity index (χ0n) is 14.7. The van der Waals surface area contributed by atoms with Crippen molar-refractivity contribution in [2.75, 3.05) is 13.2 Å². The summed E-state index contributed by atoms with van der Waals surface area (Å²) in [4.78, 5) is 0. The molecule has 0 saturated heterocycles. The van der Waals surface area contributed by atoms with Crippen LogP contribution in [-0.2, 0) is 8.85 Å². The van der Waals surface area contributed by atoms with Crippen molar-refractivity contribution in [1.29, 1.82) is 0 Å². The first kappa shape index (κ1) is 19.4. The van der Waals surface area contributed by atoms with Crippen molar-refractivity contribution in [3.05, 3.63) is 35.9 Å². The predicted molar refractivity (Wildman–Crippen MR) is 97.6 cm³/mol. The smallest absolute Gasteiger partial charge is 0.329 e. The molecule has 0 fully saturated rings. The average Bonchev–Trinajstić information content (AvgIpc) is 2.57. The van der Waals surface area contributed by atoms with Gasteiger partial charge in [-0.15, -0.1) is 0 Å². The lowest BCUT2D eigenvalue weighted by molar-refractivity contribution is 0.186. The molecule has 1 aromatic carbocycles. The van der Waals surface area contributed by atoms with Crippen molar-refractivity contribution < 1.29 is 8.85 Å². The lowest BCUT2D eigenvalue weighted by Gasteiger charge is -2.26. The molecule has 1 rings (SSSR count). The van der Waals surface area contributed by atoms with Crippen molar-refractivity contribution in [3.8, 4) is 0 Å². The first-order chi connectivity index (χ1) is 10.8. The van der Waals surface area contributed by atoms with Gasteiger partial charge in [0, 0.05) is 18.8 Å². The quantitative estimate of drug-likeness (QED) is 0.360. The maximum absolute atomic E-state index is 6.18. The fraction of sp³-hybridized carbons (Fsp3) is 0.684. The second kappa shape index (κ2) is 12.9. The zero-order valence-corrected chi connectivity index (χ0v) is 15.9. The third-order valence-corrected chi connectivity index (χ3v) is 6.40. The van der Waals surface area contributed by atoms with Crippen molar-refractivity contribution in [3.63, 3.8) is 0 Å². The summed E-state index contributed by atoms with van der Waals surface area (Å²) in [5.74, 6) is 0. The Morgan fingerprint density at radius 2 is 1.45 bits per heavy atom. The van der Waals surface area contributed by atoms with Gasteiger partial charge in [-0.2, -0.15) is 0 Å². The lowest BCUT2D eigenvalue weighted by Crippen LogP contribution is -2.32. The molecule has 3 heteroatoms. The van der Waals surface area contributed by atoms with Crippen LogP contribution in [0.4, 0.5) is 0 Å².